The molecule has 0 aromatic carbocycles. The highest BCUT2D eigenvalue weighted by Crippen LogP contribution is 2.25. The van der Waals surface area contributed by atoms with Crippen LogP contribution in [0.5, 0.6) is 0 Å². The maximum atomic E-state index is 12.1. The fraction of sp³-hybridized carbons (Fsp3) is 0.833. The molecule has 2 rings (SSSR count). The summed E-state index contributed by atoms with van der Waals surface area (Å²) in [6.07, 6.45) is 1.73. The minimum Gasteiger partial charge on any atom is -0.342 e. The molecule has 0 radical (unpaired) electrons. The number of hydrogen-bond donors (Lipinski definition) is 2. The van der Waals surface area contributed by atoms with Gasteiger partial charge in [-0.1, -0.05) is 6.92 Å². The highest BCUT2D eigenvalue weighted by atomic mass is 16.2. The number of aliphatic imine (C=N–C) groups is 1. The minimum atomic E-state index is -0.403. The molecule has 0 unspecified atom stereocenters. The molecule has 1 spiro atoms. The molecule has 2 aliphatic rings. The minimum absolute atomic E-state index is 0.0904. The van der Waals surface area contributed by atoms with Crippen molar-refractivity contribution >= 4 is 11.9 Å². The third-order valence-corrected chi connectivity index (χ3v) is 3.57. The molecule has 0 saturated carbocycles. The first kappa shape index (κ1) is 12.4. The second-order valence-corrected chi connectivity index (χ2v) is 5.17. The molecular weight excluding hydrogens is 216 g/mol. The number of carbonyl (C=O) groups is 1. The van der Waals surface area contributed by atoms with Gasteiger partial charge in [-0.05, 0) is 33.2 Å². The average molecular weight is 238 g/mol. The van der Waals surface area contributed by atoms with Crippen LogP contribution in [0.4, 0.5) is 0 Å². The Morgan fingerprint density at radius 2 is 2.06 bits per heavy atom. The van der Waals surface area contributed by atoms with Gasteiger partial charge in [-0.3, -0.25) is 15.1 Å². The topological polar surface area (TPSA) is 56.7 Å². The highest BCUT2D eigenvalue weighted by Gasteiger charge is 2.46. The van der Waals surface area contributed by atoms with Crippen molar-refractivity contribution in [3.05, 3.63) is 0 Å². The maximum Gasteiger partial charge on any atom is 0.252 e. The van der Waals surface area contributed by atoms with Gasteiger partial charge >= 0.3 is 0 Å². The van der Waals surface area contributed by atoms with Crippen LogP contribution in [0.3, 0.4) is 0 Å². The molecule has 2 heterocycles. The van der Waals surface area contributed by atoms with Gasteiger partial charge in [0.25, 0.3) is 5.91 Å². The van der Waals surface area contributed by atoms with Gasteiger partial charge in [0.15, 0.2) is 5.96 Å². The predicted octanol–water partition coefficient (Wildman–Crippen LogP) is 0.325. The molecule has 17 heavy (non-hydrogen) atoms. The Balaban J connectivity index is 2.05. The van der Waals surface area contributed by atoms with Gasteiger partial charge in [-0.15, -0.1) is 0 Å². The molecular formula is C12H22N4O. The van der Waals surface area contributed by atoms with Crippen LogP contribution in [0.15, 0.2) is 4.99 Å². The van der Waals surface area contributed by atoms with E-state index < -0.39 is 5.54 Å². The fourth-order valence-electron chi connectivity index (χ4n) is 2.47. The van der Waals surface area contributed by atoms with Crippen LogP contribution in [0.1, 0.15) is 33.6 Å². The van der Waals surface area contributed by atoms with E-state index in [-0.39, 0.29) is 11.9 Å². The van der Waals surface area contributed by atoms with Crippen LogP contribution in [0, 0.1) is 0 Å². The van der Waals surface area contributed by atoms with Crippen molar-refractivity contribution in [3.63, 3.8) is 0 Å². The number of nitrogens with zero attached hydrogens (tertiary/aromatic N) is 2. The normalized spacial score (nSPS) is 26.6. The molecule has 2 saturated heterocycles. The largest absolute Gasteiger partial charge is 0.342 e. The van der Waals surface area contributed by atoms with Gasteiger partial charge in [0, 0.05) is 19.1 Å². The summed E-state index contributed by atoms with van der Waals surface area (Å²) in [4.78, 5) is 18.8. The number of amides is 1. The molecule has 5 heteroatoms. The first-order chi connectivity index (χ1) is 8.05. The van der Waals surface area contributed by atoms with Gasteiger partial charge < -0.3 is 10.2 Å². The van der Waals surface area contributed by atoms with Crippen molar-refractivity contribution in [2.75, 3.05) is 19.6 Å². The second kappa shape index (κ2) is 4.64. The number of nitrogens with one attached hydrogen (secondary N) is 2. The molecule has 2 aliphatic heterocycles. The van der Waals surface area contributed by atoms with Gasteiger partial charge in [0.05, 0.1) is 0 Å². The zero-order valence-electron chi connectivity index (χ0n) is 10.9. The number of piperidine rings is 1. The monoisotopic (exact) mass is 238 g/mol. The standard InChI is InChI=1S/C12H22N4O/c1-4-16-7-5-12(6-8-16)10(17)14-11(15-12)13-9(2)3/h9H,4-8H2,1-3H3,(H2,13,14,15,17). The number of carbonyl (C=O) groups excluding carboxylic acids is 1. The van der Waals surface area contributed by atoms with Crippen LogP contribution in [0.2, 0.25) is 0 Å². The lowest BCUT2D eigenvalue weighted by Crippen LogP contribution is -2.54. The quantitative estimate of drug-likeness (QED) is 0.728. The Kier molecular flexibility index (Phi) is 3.38. The van der Waals surface area contributed by atoms with E-state index >= 15 is 0 Å². The summed E-state index contributed by atoms with van der Waals surface area (Å²) in [5.74, 6) is 0.739. The zero-order valence-corrected chi connectivity index (χ0v) is 10.9. The van der Waals surface area contributed by atoms with E-state index in [0.29, 0.717) is 5.96 Å². The Morgan fingerprint density at radius 1 is 1.41 bits per heavy atom. The van der Waals surface area contributed by atoms with Gasteiger partial charge in [-0.2, -0.15) is 0 Å². The zero-order chi connectivity index (χ0) is 12.5. The van der Waals surface area contributed by atoms with Crippen LogP contribution in [-0.4, -0.2) is 48.0 Å². The van der Waals surface area contributed by atoms with E-state index in [4.69, 9.17) is 0 Å². The SMILES string of the molecule is CCN1CCC2(CC1)NC(=NC(C)C)NC2=O. The second-order valence-electron chi connectivity index (χ2n) is 5.17. The van der Waals surface area contributed by atoms with E-state index in [2.05, 4.69) is 27.4 Å². The third kappa shape index (κ3) is 2.44. The van der Waals surface area contributed by atoms with E-state index in [0.717, 1.165) is 32.5 Å². The lowest BCUT2D eigenvalue weighted by molar-refractivity contribution is -0.125. The summed E-state index contributed by atoms with van der Waals surface area (Å²) in [5.41, 5.74) is -0.403. The molecule has 0 aromatic rings. The maximum absolute atomic E-state index is 12.1. The van der Waals surface area contributed by atoms with Crippen LogP contribution in [-0.2, 0) is 4.79 Å². The van der Waals surface area contributed by atoms with Gasteiger partial charge in [0.2, 0.25) is 0 Å². The fourth-order valence-corrected chi connectivity index (χ4v) is 2.47. The molecule has 0 bridgehead atoms. The Labute approximate surface area is 103 Å². The molecule has 0 atom stereocenters. The van der Waals surface area contributed by atoms with Crippen molar-refractivity contribution in [1.29, 1.82) is 0 Å². The van der Waals surface area contributed by atoms with E-state index in [1.165, 1.54) is 0 Å². The first-order valence-electron chi connectivity index (χ1n) is 6.45. The van der Waals surface area contributed by atoms with Crippen molar-refractivity contribution < 1.29 is 4.79 Å². The molecule has 1 amide bonds. The Hall–Kier alpha value is -1.10. The van der Waals surface area contributed by atoms with Crippen molar-refractivity contribution in [3.8, 4) is 0 Å². The molecule has 0 aromatic heterocycles. The molecule has 0 aliphatic carbocycles. The predicted molar refractivity (Wildman–Crippen MR) is 67.9 cm³/mol. The number of likely N-dealkylation sites (tertiary alicyclic amines) is 1. The summed E-state index contributed by atoms with van der Waals surface area (Å²) in [7, 11) is 0. The summed E-state index contributed by atoms with van der Waals surface area (Å²) < 4.78 is 0. The number of hydrogen-bond acceptors (Lipinski definition) is 3. The van der Waals surface area contributed by atoms with Crippen molar-refractivity contribution in [2.24, 2.45) is 4.99 Å². The summed E-state index contributed by atoms with van der Waals surface area (Å²) >= 11 is 0. The summed E-state index contributed by atoms with van der Waals surface area (Å²) in [6, 6.07) is 0.198. The van der Waals surface area contributed by atoms with Crippen LogP contribution in [0.25, 0.3) is 0 Å². The van der Waals surface area contributed by atoms with E-state index in [9.17, 15) is 4.79 Å². The van der Waals surface area contributed by atoms with Crippen LogP contribution < -0.4 is 10.6 Å². The summed E-state index contributed by atoms with van der Waals surface area (Å²) in [5, 5.41) is 6.15. The smallest absolute Gasteiger partial charge is 0.252 e. The van der Waals surface area contributed by atoms with Crippen LogP contribution >= 0.6 is 0 Å². The lowest BCUT2D eigenvalue weighted by atomic mass is 9.88. The van der Waals surface area contributed by atoms with Gasteiger partial charge in [-0.25, -0.2) is 0 Å². The highest BCUT2D eigenvalue weighted by molar-refractivity contribution is 6.09. The molecule has 96 valence electrons. The average Bonchev–Trinajstić information content (AvgIpc) is 2.56. The first-order valence-corrected chi connectivity index (χ1v) is 6.45. The summed E-state index contributed by atoms with van der Waals surface area (Å²) in [6.45, 7) is 9.19. The molecule has 5 nitrogen and oxygen atoms in total. The third-order valence-electron chi connectivity index (χ3n) is 3.57. The number of rotatable bonds is 2. The van der Waals surface area contributed by atoms with Gasteiger partial charge in [0.1, 0.15) is 5.54 Å². The van der Waals surface area contributed by atoms with Crippen molar-refractivity contribution in [2.45, 2.75) is 45.2 Å². The Morgan fingerprint density at radius 3 is 2.59 bits per heavy atom. The molecule has 2 N–H and O–H groups in total. The van der Waals surface area contributed by atoms with Crippen molar-refractivity contribution in [1.82, 2.24) is 15.5 Å². The van der Waals surface area contributed by atoms with E-state index in [1.54, 1.807) is 0 Å². The lowest BCUT2D eigenvalue weighted by Gasteiger charge is -2.36. The number of guanidine groups is 1. The molecule has 2 fully saturated rings. The Bertz CT molecular complexity index is 329. The van der Waals surface area contributed by atoms with E-state index in [1.807, 2.05) is 13.8 Å².